The fourth-order valence-electron chi connectivity index (χ4n) is 2.80. The predicted molar refractivity (Wildman–Crippen MR) is 84.1 cm³/mol. The molecule has 1 fully saturated rings. The number of amides is 1. The third-order valence-electron chi connectivity index (χ3n) is 4.56. The number of benzene rings is 1. The van der Waals surface area contributed by atoms with Gasteiger partial charge in [-0.3, -0.25) is 9.48 Å². The van der Waals surface area contributed by atoms with Gasteiger partial charge in [-0.05, 0) is 36.5 Å². The number of halogens is 1. The van der Waals surface area contributed by atoms with Crippen molar-refractivity contribution in [3.8, 4) is 0 Å². The molecule has 1 saturated carbocycles. The van der Waals surface area contributed by atoms with Crippen molar-refractivity contribution < 1.29 is 9.18 Å². The lowest BCUT2D eigenvalue weighted by Crippen LogP contribution is -2.46. The van der Waals surface area contributed by atoms with Gasteiger partial charge in [0.05, 0.1) is 24.2 Å². The molecule has 0 saturated heterocycles. The highest BCUT2D eigenvalue weighted by atomic mass is 19.1. The van der Waals surface area contributed by atoms with Gasteiger partial charge in [-0.25, -0.2) is 4.39 Å². The average molecular weight is 316 g/mol. The number of carbonyl (C=O) groups is 1. The van der Waals surface area contributed by atoms with Crippen LogP contribution in [0.2, 0.25) is 0 Å². The zero-order valence-electron chi connectivity index (χ0n) is 13.4. The average Bonchev–Trinajstić information content (AvgIpc) is 3.18. The Hall–Kier alpha value is -2.24. The van der Waals surface area contributed by atoms with Crippen LogP contribution in [0, 0.1) is 11.7 Å². The third kappa shape index (κ3) is 3.25. The minimum atomic E-state index is -0.497. The monoisotopic (exact) mass is 316 g/mol. The summed E-state index contributed by atoms with van der Waals surface area (Å²) in [6.45, 7) is 4.72. The molecule has 23 heavy (non-hydrogen) atoms. The lowest BCUT2D eigenvalue weighted by atomic mass is 9.93. The van der Waals surface area contributed by atoms with Crippen LogP contribution in [0.25, 0.3) is 0 Å². The molecule has 1 atom stereocenters. The van der Waals surface area contributed by atoms with Gasteiger partial charge in [0.2, 0.25) is 5.91 Å². The highest BCUT2D eigenvalue weighted by Gasteiger charge is 2.51. The van der Waals surface area contributed by atoms with E-state index >= 15 is 0 Å². The second-order valence-electron chi connectivity index (χ2n) is 6.54. The second kappa shape index (κ2) is 6.10. The fourth-order valence-corrected chi connectivity index (χ4v) is 2.80. The maximum absolute atomic E-state index is 13.1. The van der Waals surface area contributed by atoms with Crippen molar-refractivity contribution in [3.05, 3.63) is 48.0 Å². The largest absolute Gasteiger partial charge is 0.350 e. The van der Waals surface area contributed by atoms with Crippen molar-refractivity contribution >= 4 is 5.91 Å². The first-order valence-corrected chi connectivity index (χ1v) is 7.92. The molecule has 0 aliphatic heterocycles. The highest BCUT2D eigenvalue weighted by molar-refractivity contribution is 5.91. The van der Waals surface area contributed by atoms with Crippen molar-refractivity contribution in [3.63, 3.8) is 0 Å². The van der Waals surface area contributed by atoms with E-state index in [1.807, 2.05) is 0 Å². The van der Waals surface area contributed by atoms with Gasteiger partial charge in [-0.2, -0.15) is 0 Å². The molecule has 1 aliphatic rings. The van der Waals surface area contributed by atoms with Gasteiger partial charge in [0.25, 0.3) is 0 Å². The first kappa shape index (κ1) is 15.6. The summed E-state index contributed by atoms with van der Waals surface area (Å²) in [7, 11) is 0. The summed E-state index contributed by atoms with van der Waals surface area (Å²) in [5.41, 5.74) is 0.392. The summed E-state index contributed by atoms with van der Waals surface area (Å²) >= 11 is 0. The Kier molecular flexibility index (Phi) is 4.15. The van der Waals surface area contributed by atoms with Crippen LogP contribution in [0.3, 0.4) is 0 Å². The van der Waals surface area contributed by atoms with Gasteiger partial charge >= 0.3 is 0 Å². The van der Waals surface area contributed by atoms with Gasteiger partial charge in [0.1, 0.15) is 5.82 Å². The topological polar surface area (TPSA) is 59.8 Å². The van der Waals surface area contributed by atoms with Crippen LogP contribution in [-0.2, 0) is 16.8 Å². The molecule has 5 nitrogen and oxygen atoms in total. The van der Waals surface area contributed by atoms with Crippen LogP contribution >= 0.6 is 0 Å². The van der Waals surface area contributed by atoms with E-state index in [4.69, 9.17) is 0 Å². The molecule has 1 aliphatic carbocycles. The molecule has 1 N–H and O–H groups in total. The normalized spacial score (nSPS) is 17.0. The molecule has 3 rings (SSSR count). The van der Waals surface area contributed by atoms with E-state index in [9.17, 15) is 9.18 Å². The number of aromatic nitrogens is 3. The lowest BCUT2D eigenvalue weighted by Gasteiger charge is -2.25. The van der Waals surface area contributed by atoms with Crippen LogP contribution < -0.4 is 5.32 Å². The van der Waals surface area contributed by atoms with Crippen molar-refractivity contribution in [1.82, 2.24) is 20.3 Å². The van der Waals surface area contributed by atoms with E-state index < -0.39 is 5.41 Å². The van der Waals surface area contributed by atoms with E-state index in [-0.39, 0.29) is 23.7 Å². The molecule has 2 aromatic rings. The molecule has 1 amide bonds. The van der Waals surface area contributed by atoms with Crippen LogP contribution in [0.5, 0.6) is 0 Å². The minimum absolute atomic E-state index is 0.0166. The van der Waals surface area contributed by atoms with Gasteiger partial charge in [0, 0.05) is 6.20 Å². The molecular weight excluding hydrogens is 295 g/mol. The Labute approximate surface area is 134 Å². The van der Waals surface area contributed by atoms with E-state index in [0.29, 0.717) is 6.54 Å². The summed E-state index contributed by atoms with van der Waals surface area (Å²) in [6.07, 6.45) is 5.02. The lowest BCUT2D eigenvalue weighted by molar-refractivity contribution is -0.124. The smallest absolute Gasteiger partial charge is 0.230 e. The van der Waals surface area contributed by atoms with Crippen molar-refractivity contribution in [2.24, 2.45) is 5.92 Å². The van der Waals surface area contributed by atoms with Gasteiger partial charge in [-0.15, -0.1) is 5.10 Å². The first-order chi connectivity index (χ1) is 11.0. The third-order valence-corrected chi connectivity index (χ3v) is 4.56. The van der Waals surface area contributed by atoms with Crippen LogP contribution in [0.4, 0.5) is 4.39 Å². The summed E-state index contributed by atoms with van der Waals surface area (Å²) in [5, 5.41) is 10.9. The molecule has 1 aromatic heterocycles. The number of rotatable bonds is 6. The maximum atomic E-state index is 13.1. The SMILES string of the molecule is CC(C)[C@H](Cn1ccnn1)NC(=O)C1(c2ccc(F)cc2)CC1. The Morgan fingerprint density at radius 3 is 2.57 bits per heavy atom. The van der Waals surface area contributed by atoms with E-state index in [1.165, 1.54) is 12.1 Å². The molecule has 0 radical (unpaired) electrons. The predicted octanol–water partition coefficient (Wildman–Crippen LogP) is 2.29. The summed E-state index contributed by atoms with van der Waals surface area (Å²) in [4.78, 5) is 12.8. The zero-order valence-corrected chi connectivity index (χ0v) is 13.4. The Balaban J connectivity index is 1.72. The highest BCUT2D eigenvalue weighted by Crippen LogP contribution is 2.48. The van der Waals surface area contributed by atoms with Crippen molar-refractivity contribution in [1.29, 1.82) is 0 Å². The number of nitrogens with one attached hydrogen (secondary N) is 1. The van der Waals surface area contributed by atoms with E-state index in [1.54, 1.807) is 29.2 Å². The summed E-state index contributed by atoms with van der Waals surface area (Å²) in [5.74, 6) is 0.00582. The summed E-state index contributed by atoms with van der Waals surface area (Å²) < 4.78 is 14.8. The fraction of sp³-hybridized carbons (Fsp3) is 0.471. The molecular formula is C17H21FN4O. The number of hydrogen-bond donors (Lipinski definition) is 1. The number of hydrogen-bond acceptors (Lipinski definition) is 3. The second-order valence-corrected chi connectivity index (χ2v) is 6.54. The molecule has 122 valence electrons. The molecule has 0 bridgehead atoms. The van der Waals surface area contributed by atoms with Crippen molar-refractivity contribution in [2.45, 2.75) is 44.7 Å². The first-order valence-electron chi connectivity index (χ1n) is 7.92. The quantitative estimate of drug-likeness (QED) is 0.889. The summed E-state index contributed by atoms with van der Waals surface area (Å²) in [6, 6.07) is 6.23. The molecule has 6 heteroatoms. The van der Waals surface area contributed by atoms with E-state index in [0.717, 1.165) is 18.4 Å². The minimum Gasteiger partial charge on any atom is -0.350 e. The van der Waals surface area contributed by atoms with Crippen LogP contribution in [0.1, 0.15) is 32.3 Å². The Bertz CT molecular complexity index is 662. The maximum Gasteiger partial charge on any atom is 0.230 e. The Morgan fingerprint density at radius 1 is 1.35 bits per heavy atom. The molecule has 1 aromatic carbocycles. The molecule has 0 unspecified atom stereocenters. The van der Waals surface area contributed by atoms with Crippen LogP contribution in [-0.4, -0.2) is 26.9 Å². The van der Waals surface area contributed by atoms with Crippen molar-refractivity contribution in [2.75, 3.05) is 0 Å². The number of carbonyl (C=O) groups excluding carboxylic acids is 1. The Morgan fingerprint density at radius 2 is 2.04 bits per heavy atom. The molecule has 1 heterocycles. The van der Waals surface area contributed by atoms with Crippen LogP contribution in [0.15, 0.2) is 36.7 Å². The van der Waals surface area contributed by atoms with Gasteiger partial charge in [0.15, 0.2) is 0 Å². The van der Waals surface area contributed by atoms with Gasteiger partial charge < -0.3 is 5.32 Å². The number of nitrogens with zero attached hydrogens (tertiary/aromatic N) is 3. The molecule has 0 spiro atoms. The van der Waals surface area contributed by atoms with E-state index in [2.05, 4.69) is 29.5 Å². The van der Waals surface area contributed by atoms with Gasteiger partial charge in [-0.1, -0.05) is 31.2 Å². The standard InChI is InChI=1S/C17H21FN4O/c1-12(2)15(11-22-10-9-19-21-22)20-16(23)17(7-8-17)13-3-5-14(18)6-4-13/h3-6,9-10,12,15H,7-8,11H2,1-2H3,(H,20,23)/t15-/m0/s1. The zero-order chi connectivity index (χ0) is 16.4.